The molecule has 0 radical (unpaired) electrons. The first kappa shape index (κ1) is 19.1. The van der Waals surface area contributed by atoms with Gasteiger partial charge in [0.2, 0.25) is 5.91 Å². The Morgan fingerprint density at radius 2 is 1.81 bits per heavy atom. The highest BCUT2D eigenvalue weighted by molar-refractivity contribution is 7.91. The number of carbonyl (C=O) groups excluding carboxylic acids is 1. The minimum atomic E-state index is -3.56. The van der Waals surface area contributed by atoms with Crippen LogP contribution in [-0.2, 0) is 20.4 Å². The van der Waals surface area contributed by atoms with Crippen LogP contribution in [-0.4, -0.2) is 32.2 Å². The molecule has 3 rings (SSSR count). The van der Waals surface area contributed by atoms with E-state index in [0.29, 0.717) is 16.4 Å². The van der Waals surface area contributed by atoms with Crippen molar-refractivity contribution in [3.05, 3.63) is 65.5 Å². The standard InChI is InChI=1S/C19H18N2O4S2/c1-25-16-9-7-15(8-10-16)17-11-26-19(20-17)21-18(22)13-27(23,24)12-14-5-3-2-4-6-14/h2-11H,12-13H2,1H3,(H,20,21,22). The van der Waals surface area contributed by atoms with E-state index < -0.39 is 21.5 Å². The van der Waals surface area contributed by atoms with E-state index in [9.17, 15) is 13.2 Å². The number of benzene rings is 2. The average molecular weight is 402 g/mol. The zero-order valence-electron chi connectivity index (χ0n) is 14.6. The predicted molar refractivity (Wildman–Crippen MR) is 107 cm³/mol. The number of anilines is 1. The van der Waals surface area contributed by atoms with E-state index in [2.05, 4.69) is 10.3 Å². The maximum Gasteiger partial charge on any atom is 0.241 e. The Bertz CT molecular complexity index is 1010. The Kier molecular flexibility index (Phi) is 5.88. The Hall–Kier alpha value is -2.71. The second kappa shape index (κ2) is 8.32. The maximum atomic E-state index is 12.2. The number of nitrogens with one attached hydrogen (secondary N) is 1. The van der Waals surface area contributed by atoms with Crippen molar-refractivity contribution in [1.29, 1.82) is 0 Å². The molecule has 0 bridgehead atoms. The first-order chi connectivity index (χ1) is 12.9. The van der Waals surface area contributed by atoms with Gasteiger partial charge in [0.05, 0.1) is 18.6 Å². The smallest absolute Gasteiger partial charge is 0.241 e. The van der Waals surface area contributed by atoms with Gasteiger partial charge in [0.15, 0.2) is 15.0 Å². The summed E-state index contributed by atoms with van der Waals surface area (Å²) in [7, 11) is -1.96. The number of amides is 1. The molecule has 8 heteroatoms. The summed E-state index contributed by atoms with van der Waals surface area (Å²) < 4.78 is 29.5. The quantitative estimate of drug-likeness (QED) is 0.655. The lowest BCUT2D eigenvalue weighted by Crippen LogP contribution is -2.23. The number of ether oxygens (including phenoxy) is 1. The number of rotatable bonds is 7. The molecule has 1 aromatic heterocycles. The molecule has 1 amide bonds. The van der Waals surface area contributed by atoms with Crippen LogP contribution in [0.25, 0.3) is 11.3 Å². The van der Waals surface area contributed by atoms with Gasteiger partial charge in [-0.3, -0.25) is 4.79 Å². The first-order valence-electron chi connectivity index (χ1n) is 8.09. The summed E-state index contributed by atoms with van der Waals surface area (Å²) in [6, 6.07) is 16.2. The highest BCUT2D eigenvalue weighted by Crippen LogP contribution is 2.26. The van der Waals surface area contributed by atoms with E-state index in [0.717, 1.165) is 11.3 Å². The third-order valence-corrected chi connectivity index (χ3v) is 5.95. The summed E-state index contributed by atoms with van der Waals surface area (Å²) in [5.41, 5.74) is 2.23. The van der Waals surface area contributed by atoms with Crippen LogP contribution in [0.4, 0.5) is 5.13 Å². The summed E-state index contributed by atoms with van der Waals surface area (Å²) in [6.45, 7) is 0. The number of aromatic nitrogens is 1. The van der Waals surface area contributed by atoms with E-state index in [-0.39, 0.29) is 5.75 Å². The van der Waals surface area contributed by atoms with Crippen molar-refractivity contribution in [3.63, 3.8) is 0 Å². The van der Waals surface area contributed by atoms with Crippen molar-refractivity contribution in [2.24, 2.45) is 0 Å². The lowest BCUT2D eigenvalue weighted by Gasteiger charge is -2.04. The lowest BCUT2D eigenvalue weighted by molar-refractivity contribution is -0.113. The van der Waals surface area contributed by atoms with Gasteiger partial charge in [0.25, 0.3) is 0 Å². The molecule has 0 saturated carbocycles. The van der Waals surface area contributed by atoms with Crippen molar-refractivity contribution >= 4 is 32.2 Å². The summed E-state index contributed by atoms with van der Waals surface area (Å²) in [5.74, 6) is -0.608. The van der Waals surface area contributed by atoms with E-state index in [1.165, 1.54) is 11.3 Å². The van der Waals surface area contributed by atoms with Gasteiger partial charge in [0.1, 0.15) is 11.5 Å². The molecule has 0 unspecified atom stereocenters. The van der Waals surface area contributed by atoms with E-state index in [1.807, 2.05) is 30.3 Å². The summed E-state index contributed by atoms with van der Waals surface area (Å²) in [4.78, 5) is 16.4. The summed E-state index contributed by atoms with van der Waals surface area (Å²) in [6.07, 6.45) is 0. The third-order valence-electron chi connectivity index (χ3n) is 3.72. The number of thiazole rings is 1. The molecule has 0 atom stereocenters. The van der Waals surface area contributed by atoms with Crippen LogP contribution in [0, 0.1) is 0 Å². The van der Waals surface area contributed by atoms with Gasteiger partial charge in [-0.2, -0.15) is 0 Å². The summed E-state index contributed by atoms with van der Waals surface area (Å²) in [5, 5.41) is 4.72. The maximum absolute atomic E-state index is 12.2. The van der Waals surface area contributed by atoms with Crippen LogP contribution < -0.4 is 10.1 Å². The van der Waals surface area contributed by atoms with Crippen molar-refractivity contribution in [3.8, 4) is 17.0 Å². The molecule has 0 aliphatic heterocycles. The second-order valence-corrected chi connectivity index (χ2v) is 8.76. The number of hydrogen-bond donors (Lipinski definition) is 1. The third kappa shape index (κ3) is 5.38. The van der Waals surface area contributed by atoms with Gasteiger partial charge in [-0.15, -0.1) is 11.3 Å². The van der Waals surface area contributed by atoms with Crippen LogP contribution >= 0.6 is 11.3 Å². The normalized spacial score (nSPS) is 11.1. The Labute approximate surface area is 161 Å². The predicted octanol–water partition coefficient (Wildman–Crippen LogP) is 3.37. The number of sulfone groups is 1. The van der Waals surface area contributed by atoms with Gasteiger partial charge in [-0.05, 0) is 29.8 Å². The van der Waals surface area contributed by atoms with Crippen molar-refractivity contribution in [2.45, 2.75) is 5.75 Å². The van der Waals surface area contributed by atoms with Crippen molar-refractivity contribution in [1.82, 2.24) is 4.98 Å². The molecule has 0 saturated heterocycles. The van der Waals surface area contributed by atoms with Crippen molar-refractivity contribution in [2.75, 3.05) is 18.2 Å². The van der Waals surface area contributed by atoms with Crippen LogP contribution in [0.1, 0.15) is 5.56 Å². The van der Waals surface area contributed by atoms with Gasteiger partial charge >= 0.3 is 0 Å². The van der Waals surface area contributed by atoms with Crippen molar-refractivity contribution < 1.29 is 17.9 Å². The Balaban J connectivity index is 1.61. The van der Waals surface area contributed by atoms with Gasteiger partial charge in [-0.1, -0.05) is 30.3 Å². The Morgan fingerprint density at radius 3 is 2.48 bits per heavy atom. The fourth-order valence-electron chi connectivity index (χ4n) is 2.46. The highest BCUT2D eigenvalue weighted by Gasteiger charge is 2.18. The molecule has 1 heterocycles. The molecular weight excluding hydrogens is 384 g/mol. The number of nitrogens with zero attached hydrogens (tertiary/aromatic N) is 1. The number of methoxy groups -OCH3 is 1. The minimum absolute atomic E-state index is 0.170. The Morgan fingerprint density at radius 1 is 1.11 bits per heavy atom. The highest BCUT2D eigenvalue weighted by atomic mass is 32.2. The van der Waals surface area contributed by atoms with Gasteiger partial charge in [-0.25, -0.2) is 13.4 Å². The monoisotopic (exact) mass is 402 g/mol. The summed E-state index contributed by atoms with van der Waals surface area (Å²) >= 11 is 1.24. The lowest BCUT2D eigenvalue weighted by atomic mass is 10.2. The number of hydrogen-bond acceptors (Lipinski definition) is 6. The molecule has 1 N–H and O–H groups in total. The van der Waals surface area contributed by atoms with E-state index in [4.69, 9.17) is 4.74 Å². The zero-order valence-corrected chi connectivity index (χ0v) is 16.2. The first-order valence-corrected chi connectivity index (χ1v) is 10.8. The fourth-order valence-corrected chi connectivity index (χ4v) is 4.47. The van der Waals surface area contributed by atoms with Crippen LogP contribution in [0.2, 0.25) is 0 Å². The van der Waals surface area contributed by atoms with Gasteiger partial charge < -0.3 is 10.1 Å². The molecule has 0 aliphatic rings. The molecular formula is C19H18N2O4S2. The topological polar surface area (TPSA) is 85.4 Å². The molecule has 0 spiro atoms. The van der Waals surface area contributed by atoms with Crippen LogP contribution in [0.5, 0.6) is 5.75 Å². The zero-order chi connectivity index (χ0) is 19.3. The molecule has 0 fully saturated rings. The molecule has 27 heavy (non-hydrogen) atoms. The molecule has 140 valence electrons. The fraction of sp³-hybridized carbons (Fsp3) is 0.158. The molecule has 2 aromatic carbocycles. The average Bonchev–Trinajstić information content (AvgIpc) is 3.10. The van der Waals surface area contributed by atoms with Crippen LogP contribution in [0.15, 0.2) is 60.0 Å². The van der Waals surface area contributed by atoms with E-state index >= 15 is 0 Å². The van der Waals surface area contributed by atoms with E-state index in [1.54, 1.807) is 36.8 Å². The molecule has 6 nitrogen and oxygen atoms in total. The second-order valence-electron chi connectivity index (χ2n) is 5.83. The number of carbonyl (C=O) groups is 1. The minimum Gasteiger partial charge on any atom is -0.497 e. The SMILES string of the molecule is COc1ccc(-c2csc(NC(=O)CS(=O)(=O)Cc3ccccc3)n2)cc1. The van der Waals surface area contributed by atoms with Gasteiger partial charge in [0, 0.05) is 10.9 Å². The molecule has 3 aromatic rings. The largest absolute Gasteiger partial charge is 0.497 e. The molecule has 0 aliphatic carbocycles. The van der Waals surface area contributed by atoms with Crippen LogP contribution in [0.3, 0.4) is 0 Å².